The molecule has 2 aliphatic rings. The van der Waals surface area contributed by atoms with Gasteiger partial charge in [-0.3, -0.25) is 4.79 Å². The molecule has 154 valence electrons. The maximum atomic E-state index is 13.6. The number of carbonyl (C=O) groups excluding carboxylic acids is 1. The smallest absolute Gasteiger partial charge is 0.417 e. The van der Waals surface area contributed by atoms with Crippen LogP contribution in [0.1, 0.15) is 65.3 Å². The molecule has 2 saturated carbocycles. The molecule has 1 aromatic rings. The van der Waals surface area contributed by atoms with E-state index in [2.05, 4.69) is 0 Å². The fourth-order valence-electron chi connectivity index (χ4n) is 2.70. The van der Waals surface area contributed by atoms with Gasteiger partial charge < -0.3 is 9.84 Å². The molecule has 1 amide bonds. The van der Waals surface area contributed by atoms with Crippen LogP contribution in [0.3, 0.4) is 0 Å². The monoisotopic (exact) mass is 421 g/mol. The molecule has 1 aromatic carbocycles. The molecule has 0 aromatic heterocycles. The van der Waals surface area contributed by atoms with Gasteiger partial charge in [0.25, 0.3) is 5.91 Å². The Morgan fingerprint density at radius 1 is 1.25 bits per heavy atom. The summed E-state index contributed by atoms with van der Waals surface area (Å²) in [5, 5.41) is 9.12. The first-order valence-electron chi connectivity index (χ1n) is 8.56. The molecule has 0 spiro atoms. The van der Waals surface area contributed by atoms with E-state index in [9.17, 15) is 31.2 Å². The summed E-state index contributed by atoms with van der Waals surface area (Å²) in [6, 6.07) is 1.12. The van der Waals surface area contributed by atoms with Gasteiger partial charge in [0.2, 0.25) is 10.0 Å². The summed E-state index contributed by atoms with van der Waals surface area (Å²) in [5.74, 6) is -3.72. The largest absolute Gasteiger partial charge is 0.490 e. The van der Waals surface area contributed by atoms with Gasteiger partial charge >= 0.3 is 12.1 Å². The Kier molecular flexibility index (Phi) is 4.85. The van der Waals surface area contributed by atoms with Crippen molar-refractivity contribution < 1.29 is 41.0 Å². The van der Waals surface area contributed by atoms with Crippen molar-refractivity contribution in [3.8, 4) is 5.75 Å². The van der Waals surface area contributed by atoms with Gasteiger partial charge in [-0.05, 0) is 51.2 Å². The lowest BCUT2D eigenvalue weighted by Gasteiger charge is -2.28. The number of nitrogens with one attached hydrogen (secondary N) is 1. The van der Waals surface area contributed by atoms with Gasteiger partial charge in [0.1, 0.15) is 5.75 Å². The second kappa shape index (κ2) is 6.64. The van der Waals surface area contributed by atoms with Crippen LogP contribution >= 0.6 is 0 Å². The minimum atomic E-state index is -5.09. The zero-order chi connectivity index (χ0) is 20.9. The van der Waals surface area contributed by atoms with E-state index in [4.69, 9.17) is 9.84 Å². The topological polar surface area (TPSA) is 110 Å². The lowest BCUT2D eigenvalue weighted by Crippen LogP contribution is -2.39. The molecule has 28 heavy (non-hydrogen) atoms. The third-order valence-electron chi connectivity index (χ3n) is 5.06. The Bertz CT molecular complexity index is 933. The van der Waals surface area contributed by atoms with Gasteiger partial charge in [0, 0.05) is 0 Å². The number of carboxylic acid groups (broad SMARTS) is 1. The Labute approximate surface area is 158 Å². The molecule has 0 saturated heterocycles. The normalized spacial score (nSPS) is 18.9. The number of carboxylic acids is 1. The van der Waals surface area contributed by atoms with Crippen LogP contribution in [0, 0.1) is 0 Å². The zero-order valence-electron chi connectivity index (χ0n) is 14.8. The summed E-state index contributed by atoms with van der Waals surface area (Å²) < 4.78 is 71.2. The standard InChI is InChI=1S/C17H18F3NO6S/c1-16(5-6-16)28(25,26)21-14(22)13-11(17(18,19)20)7-9(15(23)24)8-12(13)27-10-3-2-4-10/h7-8,10H,2-6H2,1H3,(H,21,22)(H,23,24). The number of alkyl halides is 3. The van der Waals surface area contributed by atoms with Crippen LogP contribution in [0.15, 0.2) is 12.1 Å². The minimum absolute atomic E-state index is 0.283. The van der Waals surface area contributed by atoms with Gasteiger partial charge in [0.15, 0.2) is 0 Å². The maximum Gasteiger partial charge on any atom is 0.417 e. The number of amides is 1. The quantitative estimate of drug-likeness (QED) is 0.731. The average molecular weight is 421 g/mol. The molecule has 2 fully saturated rings. The Hall–Kier alpha value is -2.30. The molecule has 0 unspecified atom stereocenters. The summed E-state index contributed by atoms with van der Waals surface area (Å²) >= 11 is 0. The molecular weight excluding hydrogens is 403 g/mol. The lowest BCUT2D eigenvalue weighted by molar-refractivity contribution is -0.138. The fraction of sp³-hybridized carbons (Fsp3) is 0.529. The molecule has 0 bridgehead atoms. The summed E-state index contributed by atoms with van der Waals surface area (Å²) in [6.45, 7) is 1.38. The van der Waals surface area contributed by atoms with Crippen LogP contribution in [-0.4, -0.2) is 36.3 Å². The molecule has 7 nitrogen and oxygen atoms in total. The first-order valence-corrected chi connectivity index (χ1v) is 10.0. The van der Waals surface area contributed by atoms with Gasteiger partial charge in [-0.1, -0.05) is 0 Å². The first-order chi connectivity index (χ1) is 12.8. The van der Waals surface area contributed by atoms with E-state index in [-0.39, 0.29) is 12.8 Å². The number of rotatable bonds is 6. The number of halogens is 3. The van der Waals surface area contributed by atoms with E-state index in [0.717, 1.165) is 12.5 Å². The third-order valence-corrected chi connectivity index (χ3v) is 7.22. The third kappa shape index (κ3) is 3.80. The summed E-state index contributed by atoms with van der Waals surface area (Å²) in [6.07, 6.45) is -3.14. The van der Waals surface area contributed by atoms with Crippen molar-refractivity contribution in [2.45, 2.75) is 56.1 Å². The number of sulfonamides is 1. The predicted molar refractivity (Wildman–Crippen MR) is 90.7 cm³/mol. The van der Waals surface area contributed by atoms with E-state index in [1.54, 1.807) is 4.72 Å². The number of benzene rings is 1. The van der Waals surface area contributed by atoms with E-state index >= 15 is 0 Å². The molecule has 11 heteroatoms. The lowest BCUT2D eigenvalue weighted by atomic mass is 9.95. The van der Waals surface area contributed by atoms with Crippen LogP contribution in [0.5, 0.6) is 5.75 Å². The van der Waals surface area contributed by atoms with Crippen molar-refractivity contribution in [3.05, 3.63) is 28.8 Å². The van der Waals surface area contributed by atoms with Crippen LogP contribution < -0.4 is 9.46 Å². The molecule has 0 atom stereocenters. The van der Waals surface area contributed by atoms with Crippen molar-refractivity contribution in [1.82, 2.24) is 4.72 Å². The minimum Gasteiger partial charge on any atom is -0.490 e. The maximum absolute atomic E-state index is 13.6. The average Bonchev–Trinajstić information content (AvgIpc) is 3.28. The Morgan fingerprint density at radius 2 is 1.86 bits per heavy atom. The summed E-state index contributed by atoms with van der Waals surface area (Å²) in [5.41, 5.74) is -3.30. The molecule has 2 N–H and O–H groups in total. The molecule has 0 heterocycles. The highest BCUT2D eigenvalue weighted by atomic mass is 32.2. The molecule has 0 aliphatic heterocycles. The summed E-state index contributed by atoms with van der Waals surface area (Å²) in [4.78, 5) is 23.8. The van der Waals surface area contributed by atoms with Crippen LogP contribution in [0.4, 0.5) is 13.2 Å². The zero-order valence-corrected chi connectivity index (χ0v) is 15.6. The second-order valence-electron chi connectivity index (χ2n) is 7.26. The van der Waals surface area contributed by atoms with Crippen molar-refractivity contribution >= 4 is 21.9 Å². The van der Waals surface area contributed by atoms with Crippen molar-refractivity contribution in [2.24, 2.45) is 0 Å². The molecule has 2 aliphatic carbocycles. The SMILES string of the molecule is CC1(S(=O)(=O)NC(=O)c2c(OC3CCC3)cc(C(=O)O)cc2C(F)(F)F)CC1. The highest BCUT2D eigenvalue weighted by Crippen LogP contribution is 2.43. The number of hydrogen-bond donors (Lipinski definition) is 2. The van der Waals surface area contributed by atoms with Crippen LogP contribution in [0.25, 0.3) is 0 Å². The molecule has 3 rings (SSSR count). The van der Waals surface area contributed by atoms with E-state index in [1.807, 2.05) is 0 Å². The highest BCUT2D eigenvalue weighted by molar-refractivity contribution is 7.91. The molecule has 0 radical (unpaired) electrons. The van der Waals surface area contributed by atoms with Gasteiger partial charge in [0.05, 0.1) is 27.5 Å². The highest BCUT2D eigenvalue weighted by Gasteiger charge is 2.51. The van der Waals surface area contributed by atoms with Crippen molar-refractivity contribution in [2.75, 3.05) is 0 Å². The van der Waals surface area contributed by atoms with Crippen LogP contribution in [-0.2, 0) is 16.2 Å². The van der Waals surface area contributed by atoms with Crippen LogP contribution in [0.2, 0.25) is 0 Å². The number of ether oxygens (including phenoxy) is 1. The number of hydrogen-bond acceptors (Lipinski definition) is 5. The van der Waals surface area contributed by atoms with Gasteiger partial charge in [-0.25, -0.2) is 17.9 Å². The van der Waals surface area contributed by atoms with Gasteiger partial charge in [-0.2, -0.15) is 13.2 Å². The van der Waals surface area contributed by atoms with E-state index in [1.165, 1.54) is 6.92 Å². The van der Waals surface area contributed by atoms with Crippen molar-refractivity contribution in [1.29, 1.82) is 0 Å². The Balaban J connectivity index is 2.10. The fourth-order valence-corrected chi connectivity index (χ4v) is 3.93. The summed E-state index contributed by atoms with van der Waals surface area (Å²) in [7, 11) is -4.20. The van der Waals surface area contributed by atoms with E-state index < -0.39 is 61.4 Å². The number of carbonyl (C=O) groups is 2. The second-order valence-corrected chi connectivity index (χ2v) is 9.45. The Morgan fingerprint density at radius 3 is 2.29 bits per heavy atom. The predicted octanol–water partition coefficient (Wildman–Crippen LogP) is 2.95. The van der Waals surface area contributed by atoms with Gasteiger partial charge in [-0.15, -0.1) is 0 Å². The molecular formula is C17H18F3NO6S. The first kappa shape index (κ1) is 20.4. The number of aromatic carboxylic acids is 1. The van der Waals surface area contributed by atoms with Crippen molar-refractivity contribution in [3.63, 3.8) is 0 Å². The van der Waals surface area contributed by atoms with E-state index in [0.29, 0.717) is 18.9 Å².